The standard InChI is InChI=1S/C17H14BrN3O3/c18-13-3-1-10(2-4-13)14(8-15(22)23)21-17(24)12-7-11-5-6-19-16(11)20-9-12/h1-7,9,14H,8H2,(H,19,20)(H,21,24)(H,22,23)/t14-/m0/s1. The second-order valence-corrected chi connectivity index (χ2v) is 6.23. The van der Waals surface area contributed by atoms with Crippen molar-refractivity contribution < 1.29 is 14.7 Å². The van der Waals surface area contributed by atoms with Crippen molar-refractivity contribution in [3.05, 3.63) is 64.4 Å². The fourth-order valence-corrected chi connectivity index (χ4v) is 2.69. The molecule has 0 radical (unpaired) electrons. The number of hydrogen-bond acceptors (Lipinski definition) is 3. The molecule has 0 saturated carbocycles. The van der Waals surface area contributed by atoms with Gasteiger partial charge in [0.1, 0.15) is 5.65 Å². The molecule has 0 unspecified atom stereocenters. The van der Waals surface area contributed by atoms with E-state index in [9.17, 15) is 9.59 Å². The molecular formula is C17H14BrN3O3. The summed E-state index contributed by atoms with van der Waals surface area (Å²) in [7, 11) is 0. The minimum absolute atomic E-state index is 0.201. The molecule has 0 aliphatic rings. The van der Waals surface area contributed by atoms with Crippen LogP contribution in [0.25, 0.3) is 11.0 Å². The minimum atomic E-state index is -0.984. The highest BCUT2D eigenvalue weighted by Crippen LogP contribution is 2.21. The van der Waals surface area contributed by atoms with Crippen LogP contribution in [0.5, 0.6) is 0 Å². The molecule has 0 aliphatic carbocycles. The molecule has 1 atom stereocenters. The van der Waals surface area contributed by atoms with Crippen LogP contribution in [0.15, 0.2) is 53.3 Å². The molecule has 0 spiro atoms. The molecule has 3 aromatic rings. The van der Waals surface area contributed by atoms with Gasteiger partial charge in [-0.15, -0.1) is 0 Å². The lowest BCUT2D eigenvalue weighted by Gasteiger charge is -2.17. The number of benzene rings is 1. The molecule has 0 bridgehead atoms. The van der Waals surface area contributed by atoms with Crippen LogP contribution in [-0.2, 0) is 4.79 Å². The Kier molecular flexibility index (Phi) is 4.61. The number of aromatic nitrogens is 2. The van der Waals surface area contributed by atoms with E-state index in [1.165, 1.54) is 6.20 Å². The van der Waals surface area contributed by atoms with Crippen molar-refractivity contribution in [3.8, 4) is 0 Å². The molecule has 24 heavy (non-hydrogen) atoms. The summed E-state index contributed by atoms with van der Waals surface area (Å²) >= 11 is 3.34. The van der Waals surface area contributed by atoms with Gasteiger partial charge < -0.3 is 15.4 Å². The van der Waals surface area contributed by atoms with E-state index in [1.807, 2.05) is 18.2 Å². The van der Waals surface area contributed by atoms with Crippen LogP contribution < -0.4 is 5.32 Å². The highest BCUT2D eigenvalue weighted by atomic mass is 79.9. The van der Waals surface area contributed by atoms with E-state index in [-0.39, 0.29) is 12.3 Å². The predicted molar refractivity (Wildman–Crippen MR) is 92.7 cm³/mol. The fourth-order valence-electron chi connectivity index (χ4n) is 2.43. The summed E-state index contributed by atoms with van der Waals surface area (Å²) in [6.07, 6.45) is 3.01. The number of hydrogen-bond donors (Lipinski definition) is 3. The van der Waals surface area contributed by atoms with E-state index in [4.69, 9.17) is 5.11 Å². The first-order chi connectivity index (χ1) is 11.5. The van der Waals surface area contributed by atoms with E-state index in [0.717, 1.165) is 15.4 Å². The molecule has 0 saturated heterocycles. The zero-order valence-corrected chi connectivity index (χ0v) is 14.1. The topological polar surface area (TPSA) is 95.1 Å². The number of carbonyl (C=O) groups is 2. The van der Waals surface area contributed by atoms with Gasteiger partial charge in [-0.05, 0) is 29.8 Å². The number of carboxylic acids is 1. The average Bonchev–Trinajstić information content (AvgIpc) is 3.02. The number of aromatic amines is 1. The van der Waals surface area contributed by atoms with E-state index >= 15 is 0 Å². The second-order valence-electron chi connectivity index (χ2n) is 5.31. The Morgan fingerprint density at radius 1 is 1.25 bits per heavy atom. The van der Waals surface area contributed by atoms with Crippen molar-refractivity contribution >= 4 is 38.8 Å². The monoisotopic (exact) mass is 387 g/mol. The Hall–Kier alpha value is -2.67. The van der Waals surface area contributed by atoms with Gasteiger partial charge in [0.05, 0.1) is 18.0 Å². The van der Waals surface area contributed by atoms with Gasteiger partial charge in [0.15, 0.2) is 0 Å². The molecule has 3 N–H and O–H groups in total. The quantitative estimate of drug-likeness (QED) is 0.625. The minimum Gasteiger partial charge on any atom is -0.481 e. The summed E-state index contributed by atoms with van der Waals surface area (Å²) < 4.78 is 0.883. The summed E-state index contributed by atoms with van der Waals surface area (Å²) in [5.41, 5.74) is 1.81. The summed E-state index contributed by atoms with van der Waals surface area (Å²) in [5, 5.41) is 12.7. The fraction of sp³-hybridized carbons (Fsp3) is 0.118. The van der Waals surface area contributed by atoms with Crippen LogP contribution in [0, 0.1) is 0 Å². The predicted octanol–water partition coefficient (Wildman–Crippen LogP) is 3.27. The third-order valence-corrected chi connectivity index (χ3v) is 4.15. The van der Waals surface area contributed by atoms with Crippen LogP contribution in [0.4, 0.5) is 0 Å². The third-order valence-electron chi connectivity index (χ3n) is 3.62. The zero-order chi connectivity index (χ0) is 17.1. The molecule has 0 aliphatic heterocycles. The first-order valence-electron chi connectivity index (χ1n) is 7.24. The molecule has 2 heterocycles. The Labute approximate surface area is 146 Å². The summed E-state index contributed by atoms with van der Waals surface area (Å²) in [6, 6.07) is 10.1. The molecule has 0 fully saturated rings. The number of rotatable bonds is 5. The van der Waals surface area contributed by atoms with Crippen molar-refractivity contribution in [2.75, 3.05) is 0 Å². The Bertz CT molecular complexity index is 889. The first kappa shape index (κ1) is 16.2. The van der Waals surface area contributed by atoms with Gasteiger partial charge in [0, 0.05) is 22.3 Å². The number of halogens is 1. The van der Waals surface area contributed by atoms with E-state index in [2.05, 4.69) is 31.2 Å². The lowest BCUT2D eigenvalue weighted by atomic mass is 10.0. The van der Waals surface area contributed by atoms with Crippen LogP contribution in [-0.4, -0.2) is 27.0 Å². The van der Waals surface area contributed by atoms with Gasteiger partial charge in [0.25, 0.3) is 5.91 Å². The Morgan fingerprint density at radius 2 is 2.00 bits per heavy atom. The van der Waals surface area contributed by atoms with Gasteiger partial charge in [-0.25, -0.2) is 4.98 Å². The van der Waals surface area contributed by atoms with Gasteiger partial charge in [0.2, 0.25) is 0 Å². The number of carboxylic acid groups (broad SMARTS) is 1. The summed E-state index contributed by atoms with van der Waals surface area (Å²) in [6.45, 7) is 0. The number of nitrogens with one attached hydrogen (secondary N) is 2. The molecule has 1 amide bonds. The Morgan fingerprint density at radius 3 is 2.71 bits per heavy atom. The van der Waals surface area contributed by atoms with E-state index < -0.39 is 12.0 Å². The highest BCUT2D eigenvalue weighted by Gasteiger charge is 2.19. The van der Waals surface area contributed by atoms with E-state index in [1.54, 1.807) is 24.4 Å². The number of amides is 1. The Balaban J connectivity index is 1.84. The zero-order valence-electron chi connectivity index (χ0n) is 12.5. The number of fused-ring (bicyclic) bond motifs is 1. The van der Waals surface area contributed by atoms with Gasteiger partial charge in [-0.1, -0.05) is 28.1 Å². The number of H-pyrrole nitrogens is 1. The molecule has 6 nitrogen and oxygen atoms in total. The van der Waals surface area contributed by atoms with Crippen molar-refractivity contribution in [3.63, 3.8) is 0 Å². The van der Waals surface area contributed by atoms with Crippen LogP contribution in [0.3, 0.4) is 0 Å². The summed E-state index contributed by atoms with van der Waals surface area (Å²) in [4.78, 5) is 30.7. The third kappa shape index (κ3) is 3.62. The van der Waals surface area contributed by atoms with Crippen molar-refractivity contribution in [2.24, 2.45) is 0 Å². The van der Waals surface area contributed by atoms with Crippen LogP contribution in [0.2, 0.25) is 0 Å². The number of aliphatic carboxylic acids is 1. The van der Waals surface area contributed by atoms with Crippen LogP contribution in [0.1, 0.15) is 28.4 Å². The maximum absolute atomic E-state index is 12.5. The number of pyridine rings is 1. The maximum Gasteiger partial charge on any atom is 0.305 e. The van der Waals surface area contributed by atoms with Gasteiger partial charge in [-0.2, -0.15) is 0 Å². The maximum atomic E-state index is 12.5. The average molecular weight is 388 g/mol. The van der Waals surface area contributed by atoms with Gasteiger partial charge in [-0.3, -0.25) is 9.59 Å². The highest BCUT2D eigenvalue weighted by molar-refractivity contribution is 9.10. The van der Waals surface area contributed by atoms with E-state index in [0.29, 0.717) is 11.2 Å². The van der Waals surface area contributed by atoms with Crippen molar-refractivity contribution in [1.29, 1.82) is 0 Å². The smallest absolute Gasteiger partial charge is 0.305 e. The molecular weight excluding hydrogens is 374 g/mol. The largest absolute Gasteiger partial charge is 0.481 e. The lowest BCUT2D eigenvalue weighted by molar-refractivity contribution is -0.137. The van der Waals surface area contributed by atoms with Crippen LogP contribution >= 0.6 is 15.9 Å². The first-order valence-corrected chi connectivity index (χ1v) is 8.03. The number of carbonyl (C=O) groups excluding carboxylic acids is 1. The van der Waals surface area contributed by atoms with Crippen molar-refractivity contribution in [2.45, 2.75) is 12.5 Å². The second kappa shape index (κ2) is 6.84. The molecule has 2 aromatic heterocycles. The lowest BCUT2D eigenvalue weighted by Crippen LogP contribution is -2.30. The molecule has 3 rings (SSSR count). The molecule has 122 valence electrons. The number of nitrogens with zero attached hydrogens (tertiary/aromatic N) is 1. The van der Waals surface area contributed by atoms with Gasteiger partial charge >= 0.3 is 5.97 Å². The SMILES string of the molecule is O=C(O)C[C@H](NC(=O)c1cnc2[nH]ccc2c1)c1ccc(Br)cc1. The molecule has 7 heteroatoms. The normalized spacial score (nSPS) is 12.0. The van der Waals surface area contributed by atoms with Crippen molar-refractivity contribution in [1.82, 2.24) is 15.3 Å². The summed E-state index contributed by atoms with van der Waals surface area (Å²) in [5.74, 6) is -1.35. The molecule has 1 aromatic carbocycles.